The van der Waals surface area contributed by atoms with E-state index >= 15 is 0 Å². The Morgan fingerprint density at radius 2 is 1.82 bits per heavy atom. The molecule has 0 aliphatic carbocycles. The summed E-state index contributed by atoms with van der Waals surface area (Å²) in [5.41, 5.74) is 0. The summed E-state index contributed by atoms with van der Waals surface area (Å²) in [5.74, 6) is 0. The molecule has 2 fully saturated rings. The lowest BCUT2D eigenvalue weighted by molar-refractivity contribution is 0.0325. The Kier molecular flexibility index (Phi) is 4.83. The number of hydrogen-bond acceptors (Lipinski definition) is 3. The molecule has 2 aliphatic rings. The van der Waals surface area contributed by atoms with E-state index in [2.05, 4.69) is 30.7 Å². The smallest absolute Gasteiger partial charge is 0.0625 e. The highest BCUT2D eigenvalue weighted by Crippen LogP contribution is 2.22. The van der Waals surface area contributed by atoms with Gasteiger partial charge in [0.25, 0.3) is 0 Å². The van der Waals surface area contributed by atoms with Gasteiger partial charge in [0, 0.05) is 18.6 Å². The predicted molar refractivity (Wildman–Crippen MR) is 71.3 cm³/mol. The highest BCUT2D eigenvalue weighted by atomic mass is 16.5. The minimum atomic E-state index is 0.367. The number of likely N-dealkylation sites (N-methyl/N-ethyl adjacent to an activating group) is 1. The fraction of sp³-hybridized carbons (Fsp3) is 1.00. The molecule has 0 radical (unpaired) electrons. The van der Waals surface area contributed by atoms with Crippen LogP contribution in [0.2, 0.25) is 0 Å². The van der Waals surface area contributed by atoms with E-state index in [9.17, 15) is 0 Å². The minimum absolute atomic E-state index is 0.367. The van der Waals surface area contributed by atoms with Crippen LogP contribution in [0.25, 0.3) is 0 Å². The molecule has 2 aliphatic heterocycles. The Balaban J connectivity index is 1.78. The Bertz CT molecular complexity index is 232. The van der Waals surface area contributed by atoms with Crippen molar-refractivity contribution in [2.75, 3.05) is 33.3 Å². The first-order valence-electron chi connectivity index (χ1n) is 7.22. The van der Waals surface area contributed by atoms with Gasteiger partial charge >= 0.3 is 0 Å². The van der Waals surface area contributed by atoms with Crippen molar-refractivity contribution in [1.29, 1.82) is 0 Å². The third-order valence-electron chi connectivity index (χ3n) is 4.24. The van der Waals surface area contributed by atoms with Crippen LogP contribution in [0.15, 0.2) is 0 Å². The maximum absolute atomic E-state index is 5.79. The molecule has 3 nitrogen and oxygen atoms in total. The van der Waals surface area contributed by atoms with Gasteiger partial charge in [-0.3, -0.25) is 4.90 Å². The van der Waals surface area contributed by atoms with E-state index in [1.165, 1.54) is 45.3 Å². The van der Waals surface area contributed by atoms with Crippen LogP contribution in [0.3, 0.4) is 0 Å². The third-order valence-corrected chi connectivity index (χ3v) is 4.24. The van der Waals surface area contributed by atoms with Gasteiger partial charge in [-0.2, -0.15) is 0 Å². The predicted octanol–water partition coefficient (Wildman–Crippen LogP) is 1.97. The molecule has 0 spiro atoms. The zero-order valence-electron chi connectivity index (χ0n) is 11.7. The monoisotopic (exact) mass is 240 g/mol. The van der Waals surface area contributed by atoms with Crippen molar-refractivity contribution in [1.82, 2.24) is 9.80 Å². The molecule has 0 amide bonds. The Labute approximate surface area is 106 Å². The summed E-state index contributed by atoms with van der Waals surface area (Å²) in [6.07, 6.45) is 5.80. The van der Waals surface area contributed by atoms with E-state index in [4.69, 9.17) is 4.74 Å². The molecule has 0 unspecified atom stereocenters. The van der Waals surface area contributed by atoms with Gasteiger partial charge in [-0.1, -0.05) is 0 Å². The second-order valence-corrected chi connectivity index (χ2v) is 5.95. The van der Waals surface area contributed by atoms with E-state index in [0.29, 0.717) is 12.1 Å². The van der Waals surface area contributed by atoms with Crippen molar-refractivity contribution < 1.29 is 4.74 Å². The van der Waals surface area contributed by atoms with Crippen molar-refractivity contribution in [2.45, 2.75) is 57.7 Å². The maximum Gasteiger partial charge on any atom is 0.0625 e. The fourth-order valence-electron chi connectivity index (χ4n) is 3.11. The largest absolute Gasteiger partial charge is 0.377 e. The zero-order chi connectivity index (χ0) is 12.3. The number of nitrogens with zero attached hydrogens (tertiary/aromatic N) is 2. The van der Waals surface area contributed by atoms with Gasteiger partial charge in [-0.05, 0) is 59.7 Å². The molecule has 2 heterocycles. The van der Waals surface area contributed by atoms with Gasteiger partial charge in [-0.25, -0.2) is 0 Å². The summed E-state index contributed by atoms with van der Waals surface area (Å²) in [4.78, 5) is 5.19. The maximum atomic E-state index is 5.79. The van der Waals surface area contributed by atoms with E-state index in [1.807, 2.05) is 0 Å². The van der Waals surface area contributed by atoms with Crippen molar-refractivity contribution in [2.24, 2.45) is 0 Å². The second kappa shape index (κ2) is 6.17. The summed E-state index contributed by atoms with van der Waals surface area (Å²) >= 11 is 0. The first-order chi connectivity index (χ1) is 8.16. The van der Waals surface area contributed by atoms with Crippen LogP contribution in [0.4, 0.5) is 0 Å². The SMILES string of the molecule is CC(C)OC[C@@H]1CCCN1C[C@@H]1CCCN1C. The molecule has 3 heteroatoms. The second-order valence-electron chi connectivity index (χ2n) is 5.95. The van der Waals surface area contributed by atoms with E-state index < -0.39 is 0 Å². The lowest BCUT2D eigenvalue weighted by Crippen LogP contribution is -2.42. The van der Waals surface area contributed by atoms with Gasteiger partial charge in [0.1, 0.15) is 0 Å². The summed E-state index contributed by atoms with van der Waals surface area (Å²) in [7, 11) is 2.27. The lowest BCUT2D eigenvalue weighted by atomic mass is 10.2. The molecule has 100 valence electrons. The Hall–Kier alpha value is -0.120. The molecule has 0 saturated carbocycles. The number of ether oxygens (including phenoxy) is 1. The molecule has 0 aromatic rings. The molecule has 2 saturated heterocycles. The van der Waals surface area contributed by atoms with Gasteiger partial charge in [0.15, 0.2) is 0 Å². The van der Waals surface area contributed by atoms with Gasteiger partial charge in [-0.15, -0.1) is 0 Å². The zero-order valence-corrected chi connectivity index (χ0v) is 11.7. The Morgan fingerprint density at radius 1 is 1.12 bits per heavy atom. The summed E-state index contributed by atoms with van der Waals surface area (Å²) < 4.78 is 5.79. The number of likely N-dealkylation sites (tertiary alicyclic amines) is 2. The third kappa shape index (κ3) is 3.67. The van der Waals surface area contributed by atoms with E-state index in [-0.39, 0.29) is 0 Å². The highest BCUT2D eigenvalue weighted by Gasteiger charge is 2.30. The number of hydrogen-bond donors (Lipinski definition) is 0. The van der Waals surface area contributed by atoms with Crippen LogP contribution < -0.4 is 0 Å². The number of rotatable bonds is 5. The normalized spacial score (nSPS) is 31.8. The summed E-state index contributed by atoms with van der Waals surface area (Å²) in [5, 5.41) is 0. The molecule has 2 rings (SSSR count). The molecular weight excluding hydrogens is 212 g/mol. The molecule has 17 heavy (non-hydrogen) atoms. The molecule has 2 atom stereocenters. The average Bonchev–Trinajstić information content (AvgIpc) is 2.87. The van der Waals surface area contributed by atoms with Crippen LogP contribution in [0.1, 0.15) is 39.5 Å². The molecule has 0 aromatic carbocycles. The molecule has 0 bridgehead atoms. The van der Waals surface area contributed by atoms with Crippen LogP contribution >= 0.6 is 0 Å². The first kappa shape index (κ1) is 13.3. The molecule has 0 aromatic heterocycles. The van der Waals surface area contributed by atoms with Crippen LogP contribution in [0.5, 0.6) is 0 Å². The summed E-state index contributed by atoms with van der Waals surface area (Å²) in [6, 6.07) is 1.46. The van der Waals surface area contributed by atoms with Crippen LogP contribution in [0, 0.1) is 0 Å². The van der Waals surface area contributed by atoms with Crippen molar-refractivity contribution in [3.63, 3.8) is 0 Å². The summed E-state index contributed by atoms with van der Waals surface area (Å²) in [6.45, 7) is 8.99. The average molecular weight is 240 g/mol. The minimum Gasteiger partial charge on any atom is -0.377 e. The molecule has 0 N–H and O–H groups in total. The van der Waals surface area contributed by atoms with Crippen molar-refractivity contribution >= 4 is 0 Å². The van der Waals surface area contributed by atoms with Crippen LogP contribution in [-0.4, -0.2) is 61.3 Å². The van der Waals surface area contributed by atoms with E-state index in [1.54, 1.807) is 0 Å². The lowest BCUT2D eigenvalue weighted by Gasteiger charge is -2.30. The van der Waals surface area contributed by atoms with Crippen molar-refractivity contribution in [3.8, 4) is 0 Å². The first-order valence-corrected chi connectivity index (χ1v) is 7.22. The van der Waals surface area contributed by atoms with Gasteiger partial charge in [0.05, 0.1) is 12.7 Å². The van der Waals surface area contributed by atoms with E-state index in [0.717, 1.165) is 12.6 Å². The quantitative estimate of drug-likeness (QED) is 0.731. The van der Waals surface area contributed by atoms with Crippen molar-refractivity contribution in [3.05, 3.63) is 0 Å². The standard InChI is InChI=1S/C14H28N2O/c1-12(2)17-11-14-7-5-9-16(14)10-13-6-4-8-15(13)3/h12-14H,4-11H2,1-3H3/t13-,14-/m0/s1. The highest BCUT2D eigenvalue weighted by molar-refractivity contribution is 4.86. The van der Waals surface area contributed by atoms with Crippen LogP contribution in [-0.2, 0) is 4.74 Å². The fourth-order valence-corrected chi connectivity index (χ4v) is 3.11. The van der Waals surface area contributed by atoms with Gasteiger partial charge in [0.2, 0.25) is 0 Å². The van der Waals surface area contributed by atoms with Gasteiger partial charge < -0.3 is 9.64 Å². The Morgan fingerprint density at radius 3 is 2.47 bits per heavy atom. The molecular formula is C14H28N2O. The topological polar surface area (TPSA) is 15.7 Å².